The number of hydrogen-bond donors (Lipinski definition) is 1. The molecule has 14 heavy (non-hydrogen) atoms. The van der Waals surface area contributed by atoms with Crippen molar-refractivity contribution in [3.05, 3.63) is 30.1 Å². The maximum atomic E-state index is 13.3. The molecule has 1 aromatic carbocycles. The normalized spacial score (nSPS) is 19.5. The second-order valence-electron chi connectivity index (χ2n) is 2.70. The lowest BCUT2D eigenvalue weighted by Gasteiger charge is -2.17. The first kappa shape index (κ1) is 9.01. The van der Waals surface area contributed by atoms with Crippen molar-refractivity contribution in [1.29, 1.82) is 0 Å². The first-order chi connectivity index (χ1) is 6.83. The second-order valence-corrected chi connectivity index (χ2v) is 2.97. The molecule has 0 saturated carbocycles. The van der Waals surface area contributed by atoms with E-state index < -0.39 is 0 Å². The van der Waals surface area contributed by atoms with E-state index in [0.717, 1.165) is 0 Å². The van der Waals surface area contributed by atoms with Crippen molar-refractivity contribution in [3.8, 4) is 0 Å². The van der Waals surface area contributed by atoms with Crippen LogP contribution in [0.3, 0.4) is 0 Å². The molecule has 72 valence electrons. The minimum absolute atomic E-state index is 0.350. The van der Waals surface area contributed by atoms with E-state index in [1.807, 2.05) is 0 Å². The monoisotopic (exact) mass is 210 g/mol. The highest BCUT2D eigenvalue weighted by Gasteiger charge is 2.22. The van der Waals surface area contributed by atoms with Gasteiger partial charge in [-0.05, 0) is 17.4 Å². The zero-order valence-corrected chi connectivity index (χ0v) is 7.91. The number of hydrogen-bond acceptors (Lipinski definition) is 5. The molecule has 1 unspecified atom stereocenters. The van der Waals surface area contributed by atoms with Gasteiger partial charge in [0.25, 0.3) is 0 Å². The highest BCUT2D eigenvalue weighted by atomic mass is 32.1. The molecule has 4 nitrogen and oxygen atoms in total. The Kier molecular flexibility index (Phi) is 2.36. The molecule has 1 N–H and O–H groups in total. The number of thiocarbonyl (C=S) groups is 1. The highest BCUT2D eigenvalue weighted by Crippen LogP contribution is 2.22. The Balaban J connectivity index is 2.35. The molecule has 1 aliphatic rings. The van der Waals surface area contributed by atoms with Crippen LogP contribution in [0.4, 0.5) is 10.1 Å². The van der Waals surface area contributed by atoms with E-state index in [1.165, 1.54) is 16.4 Å². The molecule has 1 atom stereocenters. The Morgan fingerprint density at radius 3 is 3.00 bits per heavy atom. The second kappa shape index (κ2) is 3.67. The minimum Gasteiger partial charge on any atom is -0.261 e. The smallest absolute Gasteiger partial charge is 0.169 e. The number of anilines is 1. The fraction of sp³-hybridized carbons (Fsp3) is 0.125. The summed E-state index contributed by atoms with van der Waals surface area (Å²) in [7, 11) is 0. The molecule has 0 spiro atoms. The molecule has 1 aromatic rings. The lowest BCUT2D eigenvalue weighted by Crippen LogP contribution is -2.36. The summed E-state index contributed by atoms with van der Waals surface area (Å²) >= 11 is 4.76. The summed E-state index contributed by atoms with van der Waals surface area (Å²) in [5.74, 6) is -0.350. The molecular formula is C8H7FN4S. The molecule has 6 heteroatoms. The van der Waals surface area contributed by atoms with Gasteiger partial charge in [0.2, 0.25) is 0 Å². The maximum absolute atomic E-state index is 13.3. The summed E-state index contributed by atoms with van der Waals surface area (Å²) in [6, 6.07) is 6.33. The zero-order valence-electron chi connectivity index (χ0n) is 7.09. The van der Waals surface area contributed by atoms with E-state index in [9.17, 15) is 4.39 Å². The summed E-state index contributed by atoms with van der Waals surface area (Å²) in [4.78, 5) is 0. The average molecular weight is 210 g/mol. The summed E-state index contributed by atoms with van der Waals surface area (Å²) in [5.41, 5.74) is 2.99. The van der Waals surface area contributed by atoms with Gasteiger partial charge in [0, 0.05) is 5.37 Å². The first-order valence-electron chi connectivity index (χ1n) is 3.98. The van der Waals surface area contributed by atoms with Crippen molar-refractivity contribution in [3.63, 3.8) is 0 Å². The predicted octanol–water partition coefficient (Wildman–Crippen LogP) is 1.84. The van der Waals surface area contributed by atoms with Crippen LogP contribution in [-0.4, -0.2) is 11.5 Å². The van der Waals surface area contributed by atoms with Crippen LogP contribution in [0.25, 0.3) is 0 Å². The van der Waals surface area contributed by atoms with Crippen LogP contribution in [0.5, 0.6) is 0 Å². The van der Waals surface area contributed by atoms with Crippen LogP contribution in [0.15, 0.2) is 34.7 Å². The molecule has 0 saturated heterocycles. The van der Waals surface area contributed by atoms with Crippen molar-refractivity contribution in [2.24, 2.45) is 10.4 Å². The SMILES string of the molecule is Fc1ccccc1N1N=NNC1C=S. The summed E-state index contributed by atoms with van der Waals surface area (Å²) in [6.45, 7) is 0. The molecule has 0 bridgehead atoms. The van der Waals surface area contributed by atoms with E-state index >= 15 is 0 Å². The van der Waals surface area contributed by atoms with E-state index in [0.29, 0.717) is 5.69 Å². The summed E-state index contributed by atoms with van der Waals surface area (Å²) in [5, 5.41) is 10.1. The van der Waals surface area contributed by atoms with Gasteiger partial charge in [-0.25, -0.2) is 9.40 Å². The molecule has 1 heterocycles. The Bertz CT molecular complexity index is 381. The Morgan fingerprint density at radius 1 is 1.50 bits per heavy atom. The molecule has 0 aliphatic carbocycles. The van der Waals surface area contributed by atoms with Crippen molar-refractivity contribution < 1.29 is 4.39 Å². The van der Waals surface area contributed by atoms with E-state index in [-0.39, 0.29) is 12.0 Å². The Morgan fingerprint density at radius 2 is 2.29 bits per heavy atom. The van der Waals surface area contributed by atoms with Crippen molar-refractivity contribution in [1.82, 2.24) is 5.43 Å². The third-order valence-corrected chi connectivity index (χ3v) is 2.08. The molecular weight excluding hydrogens is 203 g/mol. The van der Waals surface area contributed by atoms with Crippen LogP contribution in [0.1, 0.15) is 0 Å². The Labute approximate surface area is 85.4 Å². The van der Waals surface area contributed by atoms with Gasteiger partial charge in [0.15, 0.2) is 6.17 Å². The van der Waals surface area contributed by atoms with Gasteiger partial charge < -0.3 is 0 Å². The molecule has 0 amide bonds. The lowest BCUT2D eigenvalue weighted by molar-refractivity contribution is 0.615. The largest absolute Gasteiger partial charge is 0.261 e. The third kappa shape index (κ3) is 1.44. The molecule has 0 radical (unpaired) electrons. The third-order valence-electron chi connectivity index (χ3n) is 1.82. The van der Waals surface area contributed by atoms with E-state index in [2.05, 4.69) is 15.9 Å². The summed E-state index contributed by atoms with van der Waals surface area (Å²) in [6.07, 6.45) is -0.359. The molecule has 0 aromatic heterocycles. The number of para-hydroxylation sites is 1. The van der Waals surface area contributed by atoms with Gasteiger partial charge in [-0.3, -0.25) is 5.43 Å². The predicted molar refractivity (Wildman–Crippen MR) is 54.3 cm³/mol. The highest BCUT2D eigenvalue weighted by molar-refractivity contribution is 7.79. The lowest BCUT2D eigenvalue weighted by atomic mass is 10.3. The topological polar surface area (TPSA) is 40.0 Å². The molecule has 1 aliphatic heterocycles. The zero-order chi connectivity index (χ0) is 9.97. The number of benzene rings is 1. The van der Waals surface area contributed by atoms with Gasteiger partial charge in [0.05, 0.1) is 5.69 Å². The quantitative estimate of drug-likeness (QED) is 0.757. The van der Waals surface area contributed by atoms with Crippen LogP contribution >= 0.6 is 12.2 Å². The molecule has 2 rings (SSSR count). The fourth-order valence-corrected chi connectivity index (χ4v) is 1.34. The van der Waals surface area contributed by atoms with Crippen molar-refractivity contribution in [2.45, 2.75) is 6.17 Å². The average Bonchev–Trinajstić information content (AvgIpc) is 2.66. The van der Waals surface area contributed by atoms with Gasteiger partial charge in [-0.2, -0.15) is 0 Å². The number of rotatable bonds is 2. The Hall–Kier alpha value is -1.56. The summed E-state index contributed by atoms with van der Waals surface area (Å²) < 4.78 is 13.3. The van der Waals surface area contributed by atoms with Gasteiger partial charge in [-0.15, -0.1) is 0 Å². The number of nitrogens with zero attached hydrogens (tertiary/aromatic N) is 3. The van der Waals surface area contributed by atoms with Crippen LogP contribution in [-0.2, 0) is 0 Å². The fourth-order valence-electron chi connectivity index (χ4n) is 1.17. The van der Waals surface area contributed by atoms with E-state index in [1.54, 1.807) is 18.2 Å². The standard InChI is InChI=1S/C8H7FN4S/c9-6-3-1-2-4-7(6)13-8(5-14)10-11-12-13/h1-5,8H,(H,10,12). The first-order valence-corrected chi connectivity index (χ1v) is 4.45. The van der Waals surface area contributed by atoms with E-state index in [4.69, 9.17) is 12.2 Å². The minimum atomic E-state index is -0.359. The number of halogens is 1. The van der Waals surface area contributed by atoms with Crippen molar-refractivity contribution in [2.75, 3.05) is 5.01 Å². The van der Waals surface area contributed by atoms with Crippen molar-refractivity contribution >= 4 is 23.3 Å². The van der Waals surface area contributed by atoms with Gasteiger partial charge in [-0.1, -0.05) is 29.6 Å². The van der Waals surface area contributed by atoms with Crippen LogP contribution in [0.2, 0.25) is 0 Å². The molecule has 0 fully saturated rings. The van der Waals surface area contributed by atoms with Gasteiger partial charge >= 0.3 is 0 Å². The van der Waals surface area contributed by atoms with Crippen LogP contribution in [0, 0.1) is 5.82 Å². The van der Waals surface area contributed by atoms with Gasteiger partial charge in [0.1, 0.15) is 5.82 Å². The van der Waals surface area contributed by atoms with Crippen LogP contribution < -0.4 is 10.4 Å². The number of nitrogens with one attached hydrogen (secondary N) is 1. The maximum Gasteiger partial charge on any atom is 0.169 e.